The number of nitrogens with zero attached hydrogens (tertiary/aromatic N) is 1. The number of esters is 1. The number of carbonyl (C=O) groups is 1. The Bertz CT molecular complexity index is 859. The second-order valence-electron chi connectivity index (χ2n) is 7.85. The van der Waals surface area contributed by atoms with Gasteiger partial charge in [-0.1, -0.05) is 35.9 Å². The van der Waals surface area contributed by atoms with Gasteiger partial charge >= 0.3 is 5.97 Å². The Morgan fingerprint density at radius 1 is 1.21 bits per heavy atom. The summed E-state index contributed by atoms with van der Waals surface area (Å²) < 4.78 is 18.7. The van der Waals surface area contributed by atoms with E-state index >= 15 is 0 Å². The van der Waals surface area contributed by atoms with E-state index in [0.717, 1.165) is 36.9 Å². The van der Waals surface area contributed by atoms with Crippen molar-refractivity contribution in [2.75, 3.05) is 27.7 Å². The maximum atomic E-state index is 13.8. The van der Waals surface area contributed by atoms with E-state index in [4.69, 9.17) is 4.74 Å². The number of carbonyl (C=O) groups excluding carboxylic acids is 1. The summed E-state index contributed by atoms with van der Waals surface area (Å²) in [6.45, 7) is 0.992. The van der Waals surface area contributed by atoms with Gasteiger partial charge in [-0.3, -0.25) is 0 Å². The molecule has 1 aliphatic rings. The van der Waals surface area contributed by atoms with Crippen molar-refractivity contribution in [1.82, 2.24) is 4.90 Å². The Balaban J connectivity index is 1.86. The first-order chi connectivity index (χ1) is 13.5. The lowest BCUT2D eigenvalue weighted by atomic mass is 9.73. The quantitative estimate of drug-likeness (QED) is 0.672. The Morgan fingerprint density at radius 3 is 2.71 bits per heavy atom. The predicted octanol–water partition coefficient (Wildman–Crippen LogP) is 5.14. The molecule has 1 saturated carbocycles. The van der Waals surface area contributed by atoms with Crippen molar-refractivity contribution in [3.05, 3.63) is 76.6 Å². The van der Waals surface area contributed by atoms with Crippen LogP contribution in [0.3, 0.4) is 0 Å². The van der Waals surface area contributed by atoms with Gasteiger partial charge in [0.1, 0.15) is 5.82 Å². The summed E-state index contributed by atoms with van der Waals surface area (Å²) in [7, 11) is 5.57. The Labute approximate surface area is 166 Å². The highest BCUT2D eigenvalue weighted by atomic mass is 19.1. The van der Waals surface area contributed by atoms with Gasteiger partial charge in [-0.05, 0) is 80.6 Å². The lowest BCUT2D eigenvalue weighted by molar-refractivity contribution is 0.0600. The van der Waals surface area contributed by atoms with E-state index in [1.54, 1.807) is 18.2 Å². The highest BCUT2D eigenvalue weighted by molar-refractivity contribution is 5.90. The molecular weight excluding hydrogens is 353 g/mol. The van der Waals surface area contributed by atoms with Gasteiger partial charge in [0.2, 0.25) is 0 Å². The normalized spacial score (nSPS) is 21.1. The smallest absolute Gasteiger partial charge is 0.337 e. The molecule has 0 N–H and O–H groups in total. The summed E-state index contributed by atoms with van der Waals surface area (Å²) in [4.78, 5) is 14.0. The van der Waals surface area contributed by atoms with E-state index in [1.807, 2.05) is 24.3 Å². The van der Waals surface area contributed by atoms with Crippen LogP contribution >= 0.6 is 0 Å². The van der Waals surface area contributed by atoms with Gasteiger partial charge in [-0.2, -0.15) is 0 Å². The number of methoxy groups -OCH3 is 1. The van der Waals surface area contributed by atoms with E-state index in [-0.39, 0.29) is 11.8 Å². The third-order valence-corrected chi connectivity index (χ3v) is 5.44. The summed E-state index contributed by atoms with van der Waals surface area (Å²) in [6.07, 6.45) is 5.17. The second kappa shape index (κ2) is 9.16. The van der Waals surface area contributed by atoms with Crippen LogP contribution in [-0.4, -0.2) is 38.6 Å². The Kier molecular flexibility index (Phi) is 6.63. The van der Waals surface area contributed by atoms with E-state index in [0.29, 0.717) is 17.4 Å². The topological polar surface area (TPSA) is 29.5 Å². The van der Waals surface area contributed by atoms with Crippen molar-refractivity contribution in [3.63, 3.8) is 0 Å². The monoisotopic (exact) mass is 381 g/mol. The summed E-state index contributed by atoms with van der Waals surface area (Å²) >= 11 is 0. The molecule has 3 nitrogen and oxygen atoms in total. The second-order valence-corrected chi connectivity index (χ2v) is 7.85. The van der Waals surface area contributed by atoms with Crippen LogP contribution in [0.15, 0.2) is 54.1 Å². The number of hydrogen-bond donors (Lipinski definition) is 0. The first-order valence-corrected chi connectivity index (χ1v) is 9.74. The zero-order chi connectivity index (χ0) is 20.1. The van der Waals surface area contributed by atoms with Crippen molar-refractivity contribution < 1.29 is 13.9 Å². The fourth-order valence-electron chi connectivity index (χ4n) is 4.18. The van der Waals surface area contributed by atoms with Crippen molar-refractivity contribution >= 4 is 12.0 Å². The van der Waals surface area contributed by atoms with E-state index in [2.05, 4.69) is 25.1 Å². The van der Waals surface area contributed by atoms with Gasteiger partial charge < -0.3 is 9.64 Å². The molecule has 0 aromatic heterocycles. The number of hydrogen-bond acceptors (Lipinski definition) is 3. The summed E-state index contributed by atoms with van der Waals surface area (Å²) in [5.74, 6) is 0.285. The molecule has 1 aliphatic carbocycles. The maximum absolute atomic E-state index is 13.8. The molecule has 0 aliphatic heterocycles. The summed E-state index contributed by atoms with van der Waals surface area (Å²) in [5.41, 5.74) is 3.97. The van der Waals surface area contributed by atoms with Gasteiger partial charge in [0.25, 0.3) is 0 Å². The van der Waals surface area contributed by atoms with Crippen LogP contribution in [0.4, 0.5) is 4.39 Å². The van der Waals surface area contributed by atoms with E-state index in [9.17, 15) is 9.18 Å². The number of allylic oxidation sites excluding steroid dienone is 1. The third-order valence-electron chi connectivity index (χ3n) is 5.44. The van der Waals surface area contributed by atoms with Crippen molar-refractivity contribution in [2.45, 2.75) is 25.2 Å². The van der Waals surface area contributed by atoms with Crippen LogP contribution in [0.5, 0.6) is 0 Å². The van der Waals surface area contributed by atoms with Crippen molar-refractivity contribution in [2.24, 2.45) is 5.92 Å². The fraction of sp³-hybridized carbons (Fsp3) is 0.375. The van der Waals surface area contributed by atoms with Gasteiger partial charge in [-0.15, -0.1) is 0 Å². The highest BCUT2D eigenvalue weighted by Crippen LogP contribution is 2.41. The zero-order valence-corrected chi connectivity index (χ0v) is 16.8. The Hall–Kier alpha value is -2.46. The molecule has 0 saturated heterocycles. The molecule has 0 bridgehead atoms. The first-order valence-electron chi connectivity index (χ1n) is 9.74. The first kappa shape index (κ1) is 20.3. The number of rotatable bonds is 5. The third kappa shape index (κ3) is 5.08. The van der Waals surface area contributed by atoms with Crippen LogP contribution < -0.4 is 0 Å². The molecule has 1 fully saturated rings. The highest BCUT2D eigenvalue weighted by Gasteiger charge is 2.29. The van der Waals surface area contributed by atoms with Crippen LogP contribution in [0.1, 0.15) is 46.7 Å². The van der Waals surface area contributed by atoms with Crippen LogP contribution in [0.2, 0.25) is 0 Å². The minimum atomic E-state index is -0.326. The molecule has 3 rings (SSSR count). The maximum Gasteiger partial charge on any atom is 0.337 e. The predicted molar refractivity (Wildman–Crippen MR) is 111 cm³/mol. The lowest BCUT2D eigenvalue weighted by Gasteiger charge is -2.35. The van der Waals surface area contributed by atoms with Crippen LogP contribution in [-0.2, 0) is 4.74 Å². The van der Waals surface area contributed by atoms with Crippen LogP contribution in [0.25, 0.3) is 6.08 Å². The van der Waals surface area contributed by atoms with Crippen molar-refractivity contribution in [1.29, 1.82) is 0 Å². The molecule has 0 radical (unpaired) electrons. The molecule has 2 aromatic rings. The molecule has 0 heterocycles. The van der Waals surface area contributed by atoms with E-state index < -0.39 is 0 Å². The molecule has 2 aromatic carbocycles. The molecule has 148 valence electrons. The minimum absolute atomic E-state index is 0.178. The SMILES string of the molecule is COC(=O)c1cccc(C=C2CCC(CN(C)C)C(c3cccc(F)c3)C2)c1. The Morgan fingerprint density at radius 2 is 2.00 bits per heavy atom. The largest absolute Gasteiger partial charge is 0.465 e. The molecule has 0 spiro atoms. The molecular formula is C24H28FNO2. The number of ether oxygens (including phenoxy) is 1. The van der Waals surface area contributed by atoms with Crippen LogP contribution in [0, 0.1) is 11.7 Å². The summed E-state index contributed by atoms with van der Waals surface area (Å²) in [5, 5.41) is 0. The lowest BCUT2D eigenvalue weighted by Crippen LogP contribution is -2.29. The van der Waals surface area contributed by atoms with Gasteiger partial charge in [0.05, 0.1) is 12.7 Å². The summed E-state index contributed by atoms with van der Waals surface area (Å²) in [6, 6.07) is 14.5. The van der Waals surface area contributed by atoms with E-state index in [1.165, 1.54) is 18.7 Å². The minimum Gasteiger partial charge on any atom is -0.465 e. The molecule has 2 atom stereocenters. The van der Waals surface area contributed by atoms with Gasteiger partial charge in [0, 0.05) is 6.54 Å². The van der Waals surface area contributed by atoms with Gasteiger partial charge in [0.15, 0.2) is 0 Å². The number of halogens is 1. The molecule has 28 heavy (non-hydrogen) atoms. The average molecular weight is 381 g/mol. The number of benzene rings is 2. The fourth-order valence-corrected chi connectivity index (χ4v) is 4.18. The average Bonchev–Trinajstić information content (AvgIpc) is 2.68. The molecule has 4 heteroatoms. The standard InChI is InChI=1S/C24H28FNO2/c1-26(2)16-21-11-10-18(14-23(21)19-7-5-9-22(25)15-19)12-17-6-4-8-20(13-17)24(27)28-3/h4-9,12-13,15,21,23H,10-11,14,16H2,1-3H3. The zero-order valence-electron chi connectivity index (χ0n) is 16.8. The molecule has 0 amide bonds. The van der Waals surface area contributed by atoms with Crippen molar-refractivity contribution in [3.8, 4) is 0 Å². The van der Waals surface area contributed by atoms with Gasteiger partial charge in [-0.25, -0.2) is 9.18 Å². The molecule has 2 unspecified atom stereocenters.